The van der Waals surface area contributed by atoms with Gasteiger partial charge in [-0.25, -0.2) is 0 Å². The second kappa shape index (κ2) is 10.4. The van der Waals surface area contributed by atoms with Gasteiger partial charge in [-0.1, -0.05) is 25.6 Å². The number of esters is 1. The van der Waals surface area contributed by atoms with E-state index in [1.54, 1.807) is 14.2 Å². The second-order valence-corrected chi connectivity index (χ2v) is 8.40. The zero-order valence-corrected chi connectivity index (χ0v) is 19.4. The molecule has 2 unspecified atom stereocenters. The Balaban J connectivity index is 1.96. The first-order valence-corrected chi connectivity index (χ1v) is 10.9. The molecule has 1 aromatic rings. The Morgan fingerprint density at radius 3 is 2.73 bits per heavy atom. The number of rotatable bonds is 11. The molecule has 3 rings (SSSR count). The molecule has 3 atom stereocenters. The van der Waals surface area contributed by atoms with E-state index in [-0.39, 0.29) is 38.6 Å². The van der Waals surface area contributed by atoms with Gasteiger partial charge in [0.2, 0.25) is 0 Å². The largest absolute Gasteiger partial charge is 0.493 e. The van der Waals surface area contributed by atoms with Crippen LogP contribution in [0.5, 0.6) is 11.5 Å². The molecule has 7 nitrogen and oxygen atoms in total. The summed E-state index contributed by atoms with van der Waals surface area (Å²) in [7, 11) is 3.14. The summed E-state index contributed by atoms with van der Waals surface area (Å²) in [5, 5.41) is 0. The van der Waals surface area contributed by atoms with Gasteiger partial charge in [0.25, 0.3) is 0 Å². The van der Waals surface area contributed by atoms with E-state index in [1.165, 1.54) is 12.2 Å². The molecule has 180 valence electrons. The molecule has 2 aliphatic rings. The van der Waals surface area contributed by atoms with Crippen LogP contribution in [0.2, 0.25) is 0 Å². The number of methoxy groups -OCH3 is 2. The number of halogens is 1. The van der Waals surface area contributed by atoms with E-state index in [4.69, 9.17) is 23.7 Å². The van der Waals surface area contributed by atoms with E-state index >= 15 is 0 Å². The Bertz CT molecular complexity index is 927. The number of ketones is 1. The molecule has 1 heterocycles. The third-order valence-corrected chi connectivity index (χ3v) is 6.49. The minimum Gasteiger partial charge on any atom is -0.493 e. The van der Waals surface area contributed by atoms with Crippen molar-refractivity contribution in [2.45, 2.75) is 38.2 Å². The van der Waals surface area contributed by atoms with E-state index in [0.29, 0.717) is 23.7 Å². The Hall–Kier alpha value is -2.87. The first kappa shape index (κ1) is 24.8. The van der Waals surface area contributed by atoms with Gasteiger partial charge in [-0.2, -0.15) is 0 Å². The topological polar surface area (TPSA) is 80.3 Å². The van der Waals surface area contributed by atoms with Crippen LogP contribution in [0.3, 0.4) is 0 Å². The lowest BCUT2D eigenvalue weighted by Crippen LogP contribution is -2.53. The summed E-state index contributed by atoms with van der Waals surface area (Å²) < 4.78 is 40.9. The van der Waals surface area contributed by atoms with Gasteiger partial charge in [0.1, 0.15) is 23.4 Å². The van der Waals surface area contributed by atoms with Gasteiger partial charge in [-0.05, 0) is 42.9 Å². The molecule has 0 radical (unpaired) electrons. The Labute approximate surface area is 193 Å². The Morgan fingerprint density at radius 2 is 2.06 bits per heavy atom. The fraction of sp³-hybridized carbons (Fsp3) is 0.520. The fourth-order valence-electron chi connectivity index (χ4n) is 4.70. The van der Waals surface area contributed by atoms with Crippen molar-refractivity contribution in [3.8, 4) is 11.5 Å². The van der Waals surface area contributed by atoms with Gasteiger partial charge < -0.3 is 23.7 Å². The maximum atomic E-state index is 13.2. The van der Waals surface area contributed by atoms with Crippen LogP contribution in [0, 0.1) is 11.3 Å². The maximum Gasteiger partial charge on any atom is 0.320 e. The highest BCUT2D eigenvalue weighted by molar-refractivity contribution is 6.10. The highest BCUT2D eigenvalue weighted by atomic mass is 19.1. The predicted molar refractivity (Wildman–Crippen MR) is 119 cm³/mol. The number of allylic oxidation sites excluding steroid dienone is 1. The Kier molecular flexibility index (Phi) is 7.79. The lowest BCUT2D eigenvalue weighted by Gasteiger charge is -2.43. The van der Waals surface area contributed by atoms with Gasteiger partial charge >= 0.3 is 5.97 Å². The number of carbonyl (C=O) groups is 2. The number of fused-ring (bicyclic) bond motifs is 1. The summed E-state index contributed by atoms with van der Waals surface area (Å²) in [5.74, 6) is 0.292. The molecule has 8 heteroatoms. The highest BCUT2D eigenvalue weighted by Crippen LogP contribution is 2.52. The SMILES string of the molecule is C=CCOC(=O)C1(CCCF)C[C@]2(C(C)Cc3ccc(OC)c(OC)c3)OCOC2=CC1=O. The van der Waals surface area contributed by atoms with Crippen molar-refractivity contribution in [2.24, 2.45) is 11.3 Å². The van der Waals surface area contributed by atoms with Crippen molar-refractivity contribution >= 4 is 11.8 Å². The predicted octanol–water partition coefficient (Wildman–Crippen LogP) is 3.95. The van der Waals surface area contributed by atoms with Gasteiger partial charge in [-0.15, -0.1) is 0 Å². The molecule has 0 bridgehead atoms. The van der Waals surface area contributed by atoms with Crippen molar-refractivity contribution in [1.82, 2.24) is 0 Å². The maximum absolute atomic E-state index is 13.2. The van der Waals surface area contributed by atoms with E-state index in [9.17, 15) is 14.0 Å². The van der Waals surface area contributed by atoms with Crippen molar-refractivity contribution in [3.05, 3.63) is 48.3 Å². The molecular weight excluding hydrogens is 431 g/mol. The molecule has 0 spiro atoms. The molecule has 1 aliphatic carbocycles. The first-order chi connectivity index (χ1) is 15.9. The van der Waals surface area contributed by atoms with Gasteiger partial charge in [-0.3, -0.25) is 14.0 Å². The van der Waals surface area contributed by atoms with Gasteiger partial charge in [0.05, 0.1) is 20.9 Å². The molecule has 0 saturated carbocycles. The second-order valence-electron chi connectivity index (χ2n) is 8.40. The summed E-state index contributed by atoms with van der Waals surface area (Å²) in [4.78, 5) is 26.2. The standard InChI is InChI=1S/C25H31FO7/c1-5-11-31-23(28)24(9-6-10-26)15-25(22(14-21(24)27)32-16-33-25)17(2)12-18-7-8-19(29-3)20(13-18)30-4/h5,7-8,13-14,17H,1,6,9-12,15-16H2,2-4H3/t17?,24?,25-/m1/s1. The van der Waals surface area contributed by atoms with Crippen LogP contribution in [0.25, 0.3) is 0 Å². The average molecular weight is 463 g/mol. The molecular formula is C25H31FO7. The number of hydrogen-bond donors (Lipinski definition) is 0. The summed E-state index contributed by atoms with van der Waals surface area (Å²) >= 11 is 0. The van der Waals surface area contributed by atoms with Crippen molar-refractivity contribution in [1.29, 1.82) is 0 Å². The van der Waals surface area contributed by atoms with Crippen LogP contribution in [-0.2, 0) is 30.2 Å². The molecule has 0 amide bonds. The normalized spacial score (nSPS) is 24.8. The lowest BCUT2D eigenvalue weighted by molar-refractivity contribution is -0.166. The van der Waals surface area contributed by atoms with E-state index < -0.39 is 29.4 Å². The van der Waals surface area contributed by atoms with Crippen LogP contribution in [0.15, 0.2) is 42.7 Å². The molecule has 33 heavy (non-hydrogen) atoms. The number of carbonyl (C=O) groups excluding carboxylic acids is 2. The summed E-state index contributed by atoms with van der Waals surface area (Å²) in [6.07, 6.45) is 3.41. The highest BCUT2D eigenvalue weighted by Gasteiger charge is 2.61. The van der Waals surface area contributed by atoms with Crippen LogP contribution >= 0.6 is 0 Å². The fourth-order valence-corrected chi connectivity index (χ4v) is 4.70. The zero-order valence-electron chi connectivity index (χ0n) is 19.4. The molecule has 1 aromatic carbocycles. The average Bonchev–Trinajstić information content (AvgIpc) is 3.24. The third kappa shape index (κ3) is 4.62. The molecule has 1 fully saturated rings. The quantitative estimate of drug-likeness (QED) is 0.280. The summed E-state index contributed by atoms with van der Waals surface area (Å²) in [5.41, 5.74) is -1.60. The van der Waals surface area contributed by atoms with E-state index in [0.717, 1.165) is 5.56 Å². The molecule has 1 saturated heterocycles. The van der Waals surface area contributed by atoms with Crippen LogP contribution in [-0.4, -0.2) is 51.6 Å². The van der Waals surface area contributed by atoms with Crippen LogP contribution in [0.1, 0.15) is 31.7 Å². The van der Waals surface area contributed by atoms with E-state index in [2.05, 4.69) is 6.58 Å². The van der Waals surface area contributed by atoms with Crippen LogP contribution < -0.4 is 9.47 Å². The van der Waals surface area contributed by atoms with Crippen LogP contribution in [0.4, 0.5) is 4.39 Å². The number of benzene rings is 1. The Morgan fingerprint density at radius 1 is 1.30 bits per heavy atom. The summed E-state index contributed by atoms with van der Waals surface area (Å²) in [6, 6.07) is 5.63. The third-order valence-electron chi connectivity index (χ3n) is 6.49. The zero-order chi connectivity index (χ0) is 24.1. The number of ether oxygens (including phenoxy) is 5. The minimum atomic E-state index is -1.54. The van der Waals surface area contributed by atoms with Crippen molar-refractivity contribution in [3.63, 3.8) is 0 Å². The molecule has 0 aromatic heterocycles. The minimum absolute atomic E-state index is 0.0229. The van der Waals surface area contributed by atoms with Crippen molar-refractivity contribution in [2.75, 3.05) is 34.3 Å². The molecule has 0 N–H and O–H groups in total. The van der Waals surface area contributed by atoms with E-state index in [1.807, 2.05) is 25.1 Å². The summed E-state index contributed by atoms with van der Waals surface area (Å²) in [6.45, 7) is 4.81. The van der Waals surface area contributed by atoms with Gasteiger partial charge in [0, 0.05) is 12.5 Å². The smallest absolute Gasteiger partial charge is 0.320 e. The lowest BCUT2D eigenvalue weighted by atomic mass is 9.63. The van der Waals surface area contributed by atoms with Gasteiger partial charge in [0.15, 0.2) is 24.1 Å². The van der Waals surface area contributed by atoms with Crippen molar-refractivity contribution < 1.29 is 37.7 Å². The monoisotopic (exact) mass is 462 g/mol. The number of alkyl halides is 1. The molecule has 1 aliphatic heterocycles. The first-order valence-electron chi connectivity index (χ1n) is 10.9. The number of hydrogen-bond acceptors (Lipinski definition) is 7.